The minimum Gasteiger partial charge on any atom is -0.398 e. The van der Waals surface area contributed by atoms with Crippen LogP contribution in [0.25, 0.3) is 0 Å². The van der Waals surface area contributed by atoms with Gasteiger partial charge in [-0.1, -0.05) is 0 Å². The first kappa shape index (κ1) is 14.6. The van der Waals surface area contributed by atoms with Gasteiger partial charge in [0.15, 0.2) is 0 Å². The Morgan fingerprint density at radius 2 is 2.06 bits per heavy atom. The number of nitrogens with one attached hydrogen (secondary N) is 1. The molecule has 0 spiro atoms. The smallest absolute Gasteiger partial charge is 0.398 e. The Hall–Kier alpha value is -1.43. The summed E-state index contributed by atoms with van der Waals surface area (Å²) in [6.07, 6.45) is -4.44. The molecule has 1 atom stereocenters. The highest BCUT2D eigenvalue weighted by Gasteiger charge is 2.33. The molecule has 0 aliphatic carbocycles. The highest BCUT2D eigenvalue weighted by atomic mass is 19.4. The molecule has 0 heterocycles. The summed E-state index contributed by atoms with van der Waals surface area (Å²) in [6.45, 7) is 4.70. The molecule has 102 valence electrons. The second kappa shape index (κ2) is 5.95. The van der Waals surface area contributed by atoms with E-state index in [0.717, 1.165) is 6.07 Å². The Kier molecular flexibility index (Phi) is 4.84. The number of hydrogen-bond acceptors (Lipinski definition) is 3. The molecule has 1 aromatic carbocycles. The van der Waals surface area contributed by atoms with E-state index in [1.807, 2.05) is 13.8 Å². The summed E-state index contributed by atoms with van der Waals surface area (Å²) in [5, 5.41) is 2.94. The molecule has 0 bridgehead atoms. The highest BCUT2D eigenvalue weighted by Crippen LogP contribution is 2.35. The Balaban J connectivity index is 2.79. The molecule has 0 aliphatic rings. The number of ether oxygens (including phenoxy) is 1. The predicted molar refractivity (Wildman–Crippen MR) is 65.4 cm³/mol. The minimum absolute atomic E-state index is 0.0744. The number of halogens is 3. The Labute approximate surface area is 104 Å². The van der Waals surface area contributed by atoms with Gasteiger partial charge in [-0.05, 0) is 32.0 Å². The third-order valence-corrected chi connectivity index (χ3v) is 2.34. The van der Waals surface area contributed by atoms with Crippen molar-refractivity contribution >= 4 is 11.4 Å². The van der Waals surface area contributed by atoms with E-state index >= 15 is 0 Å². The quantitative estimate of drug-likeness (QED) is 0.801. The zero-order valence-electron chi connectivity index (χ0n) is 10.3. The average molecular weight is 262 g/mol. The number of anilines is 2. The average Bonchev–Trinajstić information content (AvgIpc) is 2.27. The third kappa shape index (κ3) is 4.10. The number of alkyl halides is 3. The summed E-state index contributed by atoms with van der Waals surface area (Å²) in [5.41, 5.74) is 4.60. The van der Waals surface area contributed by atoms with Crippen LogP contribution in [0.1, 0.15) is 19.4 Å². The van der Waals surface area contributed by atoms with Crippen molar-refractivity contribution in [2.24, 2.45) is 0 Å². The molecule has 0 aliphatic heterocycles. The van der Waals surface area contributed by atoms with Crippen LogP contribution in [0, 0.1) is 0 Å². The molecule has 18 heavy (non-hydrogen) atoms. The van der Waals surface area contributed by atoms with Gasteiger partial charge in [-0.15, -0.1) is 0 Å². The van der Waals surface area contributed by atoms with Gasteiger partial charge in [-0.25, -0.2) is 0 Å². The molecule has 0 aromatic heterocycles. The summed E-state index contributed by atoms with van der Waals surface area (Å²) in [6, 6.07) is 3.71. The van der Waals surface area contributed by atoms with Gasteiger partial charge >= 0.3 is 6.18 Å². The van der Waals surface area contributed by atoms with Crippen LogP contribution >= 0.6 is 0 Å². The van der Waals surface area contributed by atoms with Crippen molar-refractivity contribution in [2.45, 2.75) is 26.1 Å². The van der Waals surface area contributed by atoms with Crippen molar-refractivity contribution in [3.63, 3.8) is 0 Å². The van der Waals surface area contributed by atoms with Gasteiger partial charge in [-0.3, -0.25) is 0 Å². The lowest BCUT2D eigenvalue weighted by molar-refractivity contribution is -0.136. The molecule has 1 unspecified atom stereocenters. The van der Waals surface area contributed by atoms with E-state index in [2.05, 4.69) is 5.32 Å². The molecule has 0 fully saturated rings. The van der Waals surface area contributed by atoms with Crippen molar-refractivity contribution in [3.8, 4) is 0 Å². The van der Waals surface area contributed by atoms with Gasteiger partial charge < -0.3 is 15.8 Å². The lowest BCUT2D eigenvalue weighted by Crippen LogP contribution is -2.22. The minimum atomic E-state index is -4.44. The number of nitrogens with two attached hydrogens (primary N) is 1. The summed E-state index contributed by atoms with van der Waals surface area (Å²) < 4.78 is 43.1. The predicted octanol–water partition coefficient (Wildman–Crippen LogP) is 3.12. The van der Waals surface area contributed by atoms with Crippen LogP contribution in [0.15, 0.2) is 18.2 Å². The molecular weight excluding hydrogens is 245 g/mol. The van der Waals surface area contributed by atoms with Gasteiger partial charge in [0.25, 0.3) is 0 Å². The van der Waals surface area contributed by atoms with E-state index in [1.54, 1.807) is 0 Å². The van der Waals surface area contributed by atoms with E-state index in [9.17, 15) is 13.2 Å². The number of hydrogen-bond donors (Lipinski definition) is 2. The van der Waals surface area contributed by atoms with Crippen molar-refractivity contribution < 1.29 is 17.9 Å². The molecule has 6 heteroatoms. The van der Waals surface area contributed by atoms with Gasteiger partial charge in [0.2, 0.25) is 0 Å². The first-order valence-corrected chi connectivity index (χ1v) is 5.65. The Morgan fingerprint density at radius 1 is 1.39 bits per heavy atom. The van der Waals surface area contributed by atoms with Gasteiger partial charge in [0, 0.05) is 24.0 Å². The van der Waals surface area contributed by atoms with E-state index in [0.29, 0.717) is 18.9 Å². The molecule has 3 N–H and O–H groups in total. The van der Waals surface area contributed by atoms with Gasteiger partial charge in [0.05, 0.1) is 12.2 Å². The van der Waals surface area contributed by atoms with E-state index in [4.69, 9.17) is 10.5 Å². The van der Waals surface area contributed by atoms with Gasteiger partial charge in [-0.2, -0.15) is 13.2 Å². The summed E-state index contributed by atoms with van der Waals surface area (Å²) in [5.74, 6) is 0. The summed E-state index contributed by atoms with van der Waals surface area (Å²) >= 11 is 0. The second-order valence-corrected chi connectivity index (χ2v) is 4.00. The first-order chi connectivity index (χ1) is 8.34. The fraction of sp³-hybridized carbons (Fsp3) is 0.500. The highest BCUT2D eigenvalue weighted by molar-refractivity contribution is 5.58. The first-order valence-electron chi connectivity index (χ1n) is 5.65. The van der Waals surface area contributed by atoms with Crippen LogP contribution in [0.3, 0.4) is 0 Å². The summed E-state index contributed by atoms with van der Waals surface area (Å²) in [4.78, 5) is 0. The molecule has 1 rings (SSSR count). The lowest BCUT2D eigenvalue weighted by Gasteiger charge is -2.17. The molecule has 3 nitrogen and oxygen atoms in total. The van der Waals surface area contributed by atoms with E-state index in [1.165, 1.54) is 12.1 Å². The number of nitrogen functional groups attached to an aromatic ring is 1. The zero-order valence-corrected chi connectivity index (χ0v) is 10.3. The van der Waals surface area contributed by atoms with Crippen LogP contribution in [-0.4, -0.2) is 19.3 Å². The van der Waals surface area contributed by atoms with Crippen LogP contribution in [0.2, 0.25) is 0 Å². The van der Waals surface area contributed by atoms with Crippen LogP contribution in [-0.2, 0) is 10.9 Å². The largest absolute Gasteiger partial charge is 0.418 e. The van der Waals surface area contributed by atoms with Crippen molar-refractivity contribution in [1.29, 1.82) is 0 Å². The van der Waals surface area contributed by atoms with Crippen LogP contribution in [0.4, 0.5) is 24.5 Å². The molecular formula is C12H17F3N2O. The number of rotatable bonds is 5. The maximum atomic E-state index is 12.6. The Bertz CT molecular complexity index is 393. The number of benzene rings is 1. The van der Waals surface area contributed by atoms with Gasteiger partial charge in [0.1, 0.15) is 0 Å². The molecule has 0 saturated heterocycles. The van der Waals surface area contributed by atoms with Crippen molar-refractivity contribution in [3.05, 3.63) is 23.8 Å². The monoisotopic (exact) mass is 262 g/mol. The zero-order chi connectivity index (χ0) is 13.8. The maximum Gasteiger partial charge on any atom is 0.418 e. The fourth-order valence-electron chi connectivity index (χ4n) is 1.51. The molecule has 0 radical (unpaired) electrons. The fourth-order valence-corrected chi connectivity index (χ4v) is 1.51. The Morgan fingerprint density at radius 3 is 2.61 bits per heavy atom. The van der Waals surface area contributed by atoms with E-state index < -0.39 is 11.7 Å². The van der Waals surface area contributed by atoms with E-state index in [-0.39, 0.29) is 11.7 Å². The summed E-state index contributed by atoms with van der Waals surface area (Å²) in [7, 11) is 0. The van der Waals surface area contributed by atoms with Crippen LogP contribution < -0.4 is 11.1 Å². The SMILES string of the molecule is CCOCC(C)Nc1ccc(N)c(C(F)(F)F)c1. The molecule has 0 saturated carbocycles. The lowest BCUT2D eigenvalue weighted by atomic mass is 10.1. The molecule has 1 aromatic rings. The normalized spacial score (nSPS) is 13.4. The maximum absolute atomic E-state index is 12.6. The second-order valence-electron chi connectivity index (χ2n) is 4.00. The third-order valence-electron chi connectivity index (χ3n) is 2.34. The van der Waals surface area contributed by atoms with Crippen LogP contribution in [0.5, 0.6) is 0 Å². The van der Waals surface area contributed by atoms with Crippen molar-refractivity contribution in [2.75, 3.05) is 24.3 Å². The standard InChI is InChI=1S/C12H17F3N2O/c1-3-18-7-8(2)17-9-4-5-11(16)10(6-9)12(13,14)15/h4-6,8,17H,3,7,16H2,1-2H3. The topological polar surface area (TPSA) is 47.3 Å². The molecule has 0 amide bonds. The van der Waals surface area contributed by atoms with Crippen molar-refractivity contribution in [1.82, 2.24) is 0 Å².